The molecule has 0 aliphatic carbocycles. The molecule has 0 atom stereocenters. The molecule has 0 aliphatic rings. The summed E-state index contributed by atoms with van der Waals surface area (Å²) in [5.74, 6) is 0.244. The molecule has 0 unspecified atom stereocenters. The summed E-state index contributed by atoms with van der Waals surface area (Å²) >= 11 is 5.80. The van der Waals surface area contributed by atoms with Gasteiger partial charge in [0.05, 0.1) is 6.61 Å². The van der Waals surface area contributed by atoms with Gasteiger partial charge in [-0.15, -0.1) is 0 Å². The number of alkyl halides is 2. The van der Waals surface area contributed by atoms with Crippen molar-refractivity contribution in [3.63, 3.8) is 0 Å². The van der Waals surface area contributed by atoms with E-state index in [9.17, 15) is 8.78 Å². The Bertz CT molecular complexity index is 378. The third kappa shape index (κ3) is 6.59. The molecular formula is C13H18ClF2NO2. The highest BCUT2D eigenvalue weighted by Gasteiger charge is 2.11. The zero-order valence-corrected chi connectivity index (χ0v) is 11.3. The van der Waals surface area contributed by atoms with Gasteiger partial charge in [-0.25, -0.2) is 0 Å². The van der Waals surface area contributed by atoms with Crippen molar-refractivity contribution in [1.82, 2.24) is 0 Å². The van der Waals surface area contributed by atoms with E-state index in [0.29, 0.717) is 18.2 Å². The molecule has 0 fully saturated rings. The normalized spacial score (nSPS) is 10.8. The Balaban J connectivity index is 2.44. The highest BCUT2D eigenvalue weighted by molar-refractivity contribution is 6.30. The van der Waals surface area contributed by atoms with E-state index in [4.69, 9.17) is 22.1 Å². The molecule has 1 aromatic rings. The summed E-state index contributed by atoms with van der Waals surface area (Å²) in [6.45, 7) is -1.76. The molecule has 0 aromatic heterocycles. The molecule has 6 heteroatoms. The Morgan fingerprint density at radius 1 is 1.11 bits per heavy atom. The molecule has 0 saturated carbocycles. The molecule has 3 nitrogen and oxygen atoms in total. The van der Waals surface area contributed by atoms with E-state index in [1.165, 1.54) is 18.2 Å². The molecule has 0 bridgehead atoms. The molecule has 0 spiro atoms. The molecule has 0 heterocycles. The van der Waals surface area contributed by atoms with Gasteiger partial charge in [0, 0.05) is 11.1 Å². The van der Waals surface area contributed by atoms with Gasteiger partial charge >= 0.3 is 6.61 Å². The zero-order chi connectivity index (χ0) is 14.1. The molecule has 0 radical (unpaired) electrons. The molecule has 0 amide bonds. The Hall–Kier alpha value is -1.07. The third-order valence-corrected chi connectivity index (χ3v) is 2.71. The maximum absolute atomic E-state index is 12.2. The first-order chi connectivity index (χ1) is 9.13. The summed E-state index contributed by atoms with van der Waals surface area (Å²) in [5, 5.41) is 0.416. The van der Waals surface area contributed by atoms with Gasteiger partial charge in [0.1, 0.15) is 0 Å². The van der Waals surface area contributed by atoms with Crippen LogP contribution in [0.2, 0.25) is 5.02 Å². The van der Waals surface area contributed by atoms with Crippen molar-refractivity contribution in [1.29, 1.82) is 0 Å². The minimum atomic E-state index is -2.88. The van der Waals surface area contributed by atoms with E-state index in [1.54, 1.807) is 0 Å². The van der Waals surface area contributed by atoms with E-state index in [2.05, 4.69) is 4.74 Å². The maximum Gasteiger partial charge on any atom is 0.387 e. The van der Waals surface area contributed by atoms with Gasteiger partial charge in [-0.3, -0.25) is 0 Å². The largest absolute Gasteiger partial charge is 0.490 e. The van der Waals surface area contributed by atoms with Gasteiger partial charge in [-0.2, -0.15) is 8.78 Å². The number of ether oxygens (including phenoxy) is 2. The minimum absolute atomic E-state index is 0.00126. The van der Waals surface area contributed by atoms with Crippen molar-refractivity contribution in [2.75, 3.05) is 13.2 Å². The van der Waals surface area contributed by atoms with Crippen LogP contribution in [-0.4, -0.2) is 19.8 Å². The van der Waals surface area contributed by atoms with Crippen LogP contribution < -0.4 is 15.2 Å². The van der Waals surface area contributed by atoms with Crippen LogP contribution in [0.3, 0.4) is 0 Å². The monoisotopic (exact) mass is 293 g/mol. The fraction of sp³-hybridized carbons (Fsp3) is 0.538. The van der Waals surface area contributed by atoms with Gasteiger partial charge in [0.25, 0.3) is 0 Å². The van der Waals surface area contributed by atoms with E-state index in [0.717, 1.165) is 25.7 Å². The molecule has 0 aliphatic heterocycles. The zero-order valence-electron chi connectivity index (χ0n) is 10.6. The SMILES string of the molecule is NCCCCCCOc1cc(Cl)ccc1OC(F)F. The topological polar surface area (TPSA) is 44.5 Å². The smallest absolute Gasteiger partial charge is 0.387 e. The van der Waals surface area contributed by atoms with E-state index in [-0.39, 0.29) is 11.5 Å². The molecule has 0 saturated heterocycles. The van der Waals surface area contributed by atoms with E-state index < -0.39 is 6.61 Å². The Morgan fingerprint density at radius 3 is 2.53 bits per heavy atom. The second-order valence-electron chi connectivity index (χ2n) is 4.02. The molecule has 1 rings (SSSR count). The molecule has 1 aromatic carbocycles. The van der Waals surface area contributed by atoms with Crippen LogP contribution in [0, 0.1) is 0 Å². The predicted octanol–water partition coefficient (Wildman–Crippen LogP) is 3.84. The second-order valence-corrected chi connectivity index (χ2v) is 4.46. The standard InChI is InChI=1S/C13H18ClF2NO2/c14-10-5-6-11(19-13(15)16)12(9-10)18-8-4-2-1-3-7-17/h5-6,9,13H,1-4,7-8,17H2. The third-order valence-electron chi connectivity index (χ3n) is 2.48. The quantitative estimate of drug-likeness (QED) is 0.704. The first kappa shape index (κ1) is 16.0. The van der Waals surface area contributed by atoms with Crippen LogP contribution in [0.4, 0.5) is 8.78 Å². The lowest BCUT2D eigenvalue weighted by atomic mass is 10.2. The molecule has 19 heavy (non-hydrogen) atoms. The highest BCUT2D eigenvalue weighted by Crippen LogP contribution is 2.31. The number of unbranched alkanes of at least 4 members (excludes halogenated alkanes) is 3. The average Bonchev–Trinajstić information content (AvgIpc) is 2.36. The molecule has 108 valence electrons. The number of hydrogen-bond acceptors (Lipinski definition) is 3. The minimum Gasteiger partial charge on any atom is -0.490 e. The fourth-order valence-electron chi connectivity index (χ4n) is 1.57. The van der Waals surface area contributed by atoms with Gasteiger partial charge in [0.2, 0.25) is 0 Å². The van der Waals surface area contributed by atoms with Crippen molar-refractivity contribution >= 4 is 11.6 Å². The number of halogens is 3. The Morgan fingerprint density at radius 2 is 1.84 bits per heavy atom. The van der Waals surface area contributed by atoms with Gasteiger partial charge in [0.15, 0.2) is 11.5 Å². The van der Waals surface area contributed by atoms with Crippen molar-refractivity contribution in [2.45, 2.75) is 32.3 Å². The van der Waals surface area contributed by atoms with Gasteiger partial charge in [-0.05, 0) is 31.5 Å². The van der Waals surface area contributed by atoms with Crippen molar-refractivity contribution < 1.29 is 18.3 Å². The fourth-order valence-corrected chi connectivity index (χ4v) is 1.73. The number of benzene rings is 1. The van der Waals surface area contributed by atoms with Crippen molar-refractivity contribution in [2.24, 2.45) is 5.73 Å². The first-order valence-electron chi connectivity index (χ1n) is 6.20. The number of rotatable bonds is 9. The van der Waals surface area contributed by atoms with Crippen LogP contribution in [0.15, 0.2) is 18.2 Å². The summed E-state index contributed by atoms with van der Waals surface area (Å²) < 4.78 is 34.2. The second kappa shape index (κ2) is 8.93. The van der Waals surface area contributed by atoms with Gasteiger partial charge < -0.3 is 15.2 Å². The average molecular weight is 294 g/mol. The molecule has 2 N–H and O–H groups in total. The van der Waals surface area contributed by atoms with Crippen LogP contribution in [0.25, 0.3) is 0 Å². The Kier molecular flexibility index (Phi) is 7.52. The van der Waals surface area contributed by atoms with Crippen LogP contribution in [0.5, 0.6) is 11.5 Å². The summed E-state index contributed by atoms with van der Waals surface area (Å²) in [7, 11) is 0. The summed E-state index contributed by atoms with van der Waals surface area (Å²) in [6, 6.07) is 4.32. The summed E-state index contributed by atoms with van der Waals surface area (Å²) in [6.07, 6.45) is 3.84. The maximum atomic E-state index is 12.2. The predicted molar refractivity (Wildman–Crippen MR) is 71.1 cm³/mol. The van der Waals surface area contributed by atoms with Crippen molar-refractivity contribution in [3.05, 3.63) is 23.2 Å². The van der Waals surface area contributed by atoms with Crippen molar-refractivity contribution in [3.8, 4) is 11.5 Å². The lowest BCUT2D eigenvalue weighted by Gasteiger charge is -2.12. The lowest BCUT2D eigenvalue weighted by molar-refractivity contribution is -0.0515. The summed E-state index contributed by atoms with van der Waals surface area (Å²) in [4.78, 5) is 0. The number of nitrogens with two attached hydrogens (primary N) is 1. The van der Waals surface area contributed by atoms with Crippen LogP contribution in [0.1, 0.15) is 25.7 Å². The summed E-state index contributed by atoms with van der Waals surface area (Å²) in [5.41, 5.74) is 5.38. The van der Waals surface area contributed by atoms with Crippen LogP contribution >= 0.6 is 11.6 Å². The molecular weight excluding hydrogens is 276 g/mol. The number of hydrogen-bond donors (Lipinski definition) is 1. The Labute approximate surface area is 116 Å². The van der Waals surface area contributed by atoms with Gasteiger partial charge in [-0.1, -0.05) is 24.4 Å². The first-order valence-corrected chi connectivity index (χ1v) is 6.58. The lowest BCUT2D eigenvalue weighted by Crippen LogP contribution is -2.05. The highest BCUT2D eigenvalue weighted by atomic mass is 35.5. The van der Waals surface area contributed by atoms with E-state index in [1.807, 2.05) is 0 Å². The van der Waals surface area contributed by atoms with E-state index >= 15 is 0 Å². The van der Waals surface area contributed by atoms with Crippen LogP contribution in [-0.2, 0) is 0 Å².